The summed E-state index contributed by atoms with van der Waals surface area (Å²) in [6, 6.07) is 11.5. The molecule has 2 aliphatic rings. The summed E-state index contributed by atoms with van der Waals surface area (Å²) in [6.45, 7) is 2.70. The van der Waals surface area contributed by atoms with Crippen molar-refractivity contribution in [2.24, 2.45) is 0 Å². The summed E-state index contributed by atoms with van der Waals surface area (Å²) in [5, 5.41) is 11.0. The number of rotatable bonds is 4. The van der Waals surface area contributed by atoms with E-state index in [9.17, 15) is 9.18 Å². The highest BCUT2D eigenvalue weighted by Gasteiger charge is 2.30. The second-order valence-corrected chi connectivity index (χ2v) is 9.34. The van der Waals surface area contributed by atoms with Crippen LogP contribution in [0.25, 0.3) is 17.3 Å². The molecule has 2 aliphatic heterocycles. The van der Waals surface area contributed by atoms with E-state index in [1.54, 1.807) is 35.0 Å². The van der Waals surface area contributed by atoms with Crippen LogP contribution in [-0.2, 0) is 6.54 Å². The number of carbonyl (C=O) groups is 1. The zero-order valence-electron chi connectivity index (χ0n) is 18.5. The molecule has 0 aliphatic carbocycles. The standard InChI is InChI=1S/C25H24Cl2FN5O/c26-18-6-9-22(21(27)13-18)33-24-17(12-16-4-7-19(28)8-5-16)14-29-15-20(24)23(30-33)25(34)31-32-10-2-1-3-11-32/h4-9,12-13,29H,1-3,10-11,14-15H2,(H,31,34). The number of nitrogens with zero attached hydrogens (tertiary/aromatic N) is 3. The molecule has 3 aromatic rings. The van der Waals surface area contributed by atoms with Gasteiger partial charge in [-0.15, -0.1) is 0 Å². The summed E-state index contributed by atoms with van der Waals surface area (Å²) in [6.07, 6.45) is 5.25. The molecule has 0 unspecified atom stereocenters. The van der Waals surface area contributed by atoms with Gasteiger partial charge in [-0.3, -0.25) is 10.2 Å². The highest BCUT2D eigenvalue weighted by Crippen LogP contribution is 2.33. The molecule has 0 radical (unpaired) electrons. The lowest BCUT2D eigenvalue weighted by Gasteiger charge is -2.26. The molecule has 3 heterocycles. The maximum absolute atomic E-state index is 13.4. The summed E-state index contributed by atoms with van der Waals surface area (Å²) in [5.74, 6) is -0.536. The molecule has 2 aromatic carbocycles. The molecule has 1 saturated heterocycles. The first-order valence-electron chi connectivity index (χ1n) is 11.3. The predicted octanol–water partition coefficient (Wildman–Crippen LogP) is 5.09. The summed E-state index contributed by atoms with van der Waals surface area (Å²) < 4.78 is 15.1. The fourth-order valence-corrected chi connectivity index (χ4v) is 4.93. The highest BCUT2D eigenvalue weighted by molar-refractivity contribution is 6.35. The molecule has 0 bridgehead atoms. The minimum atomic E-state index is -0.292. The van der Waals surface area contributed by atoms with Crippen LogP contribution in [0.5, 0.6) is 0 Å². The summed E-state index contributed by atoms with van der Waals surface area (Å²) in [7, 11) is 0. The van der Waals surface area contributed by atoms with Crippen LogP contribution in [0.3, 0.4) is 0 Å². The molecule has 6 nitrogen and oxygen atoms in total. The number of aromatic nitrogens is 2. The Balaban J connectivity index is 1.61. The maximum Gasteiger partial charge on any atom is 0.286 e. The number of hydrogen-bond donors (Lipinski definition) is 2. The number of hydrazine groups is 1. The zero-order chi connectivity index (χ0) is 23.7. The predicted molar refractivity (Wildman–Crippen MR) is 132 cm³/mol. The van der Waals surface area contributed by atoms with Crippen molar-refractivity contribution in [2.45, 2.75) is 25.8 Å². The number of halogens is 3. The van der Waals surface area contributed by atoms with Crippen molar-refractivity contribution < 1.29 is 9.18 Å². The molecule has 0 spiro atoms. The number of fused-ring (bicyclic) bond motifs is 1. The SMILES string of the molecule is O=C(NN1CCCCC1)c1nn(-c2ccc(Cl)cc2Cl)c2c1CNCC2=Cc1ccc(F)cc1. The van der Waals surface area contributed by atoms with E-state index in [0.29, 0.717) is 34.5 Å². The van der Waals surface area contributed by atoms with Crippen molar-refractivity contribution in [2.75, 3.05) is 19.6 Å². The van der Waals surface area contributed by atoms with E-state index in [4.69, 9.17) is 28.3 Å². The fraction of sp³-hybridized carbons (Fsp3) is 0.280. The Morgan fingerprint density at radius 1 is 1.06 bits per heavy atom. The summed E-state index contributed by atoms with van der Waals surface area (Å²) >= 11 is 12.7. The second kappa shape index (κ2) is 9.88. The molecular weight excluding hydrogens is 476 g/mol. The van der Waals surface area contributed by atoms with Gasteiger partial charge < -0.3 is 5.32 Å². The molecule has 0 saturated carbocycles. The second-order valence-electron chi connectivity index (χ2n) is 8.50. The van der Waals surface area contributed by atoms with Crippen LogP contribution in [0.2, 0.25) is 10.0 Å². The van der Waals surface area contributed by atoms with Crippen molar-refractivity contribution >= 4 is 40.8 Å². The Hall–Kier alpha value is -2.71. The summed E-state index contributed by atoms with van der Waals surface area (Å²) in [5.41, 5.74) is 7.36. The van der Waals surface area contributed by atoms with Crippen LogP contribution < -0.4 is 10.7 Å². The lowest BCUT2D eigenvalue weighted by molar-refractivity contribution is 0.0743. The van der Waals surface area contributed by atoms with E-state index < -0.39 is 0 Å². The number of piperidine rings is 1. The Bertz CT molecular complexity index is 1250. The quantitative estimate of drug-likeness (QED) is 0.524. The molecule has 1 fully saturated rings. The minimum absolute atomic E-state index is 0.244. The van der Waals surface area contributed by atoms with Crippen LogP contribution in [0.4, 0.5) is 4.39 Å². The van der Waals surface area contributed by atoms with E-state index in [1.165, 1.54) is 18.6 Å². The van der Waals surface area contributed by atoms with Gasteiger partial charge in [0.25, 0.3) is 5.91 Å². The molecule has 2 N–H and O–H groups in total. The number of carbonyl (C=O) groups excluding carboxylic acids is 1. The number of nitrogens with one attached hydrogen (secondary N) is 2. The third-order valence-electron chi connectivity index (χ3n) is 6.08. The smallest absolute Gasteiger partial charge is 0.286 e. The van der Waals surface area contributed by atoms with Gasteiger partial charge in [0.05, 0.1) is 16.4 Å². The van der Waals surface area contributed by atoms with Gasteiger partial charge in [-0.05, 0) is 60.4 Å². The van der Waals surface area contributed by atoms with E-state index >= 15 is 0 Å². The van der Waals surface area contributed by atoms with E-state index in [0.717, 1.165) is 48.3 Å². The first kappa shape index (κ1) is 23.1. The topological polar surface area (TPSA) is 62.2 Å². The number of hydrogen-bond acceptors (Lipinski definition) is 4. The van der Waals surface area contributed by atoms with Crippen LogP contribution in [0.15, 0.2) is 42.5 Å². The number of benzene rings is 2. The molecule has 5 rings (SSSR count). The number of amides is 1. The first-order valence-corrected chi connectivity index (χ1v) is 12.1. The molecule has 176 valence electrons. The maximum atomic E-state index is 13.4. The lowest BCUT2D eigenvalue weighted by Crippen LogP contribution is -2.45. The molecule has 34 heavy (non-hydrogen) atoms. The monoisotopic (exact) mass is 499 g/mol. The highest BCUT2D eigenvalue weighted by atomic mass is 35.5. The van der Waals surface area contributed by atoms with Crippen molar-refractivity contribution in [3.63, 3.8) is 0 Å². The first-order chi connectivity index (χ1) is 16.5. The average molecular weight is 500 g/mol. The van der Waals surface area contributed by atoms with Gasteiger partial charge in [0.2, 0.25) is 0 Å². The molecule has 1 aromatic heterocycles. The van der Waals surface area contributed by atoms with Crippen LogP contribution >= 0.6 is 23.2 Å². The van der Waals surface area contributed by atoms with E-state index in [1.807, 2.05) is 11.1 Å². The van der Waals surface area contributed by atoms with Crippen molar-refractivity contribution in [3.8, 4) is 5.69 Å². The minimum Gasteiger partial charge on any atom is -0.308 e. The van der Waals surface area contributed by atoms with Crippen molar-refractivity contribution in [3.05, 3.63) is 80.8 Å². The Morgan fingerprint density at radius 3 is 2.56 bits per heavy atom. The van der Waals surface area contributed by atoms with Gasteiger partial charge in [-0.1, -0.05) is 41.8 Å². The molecule has 1 amide bonds. The molecular formula is C25H24Cl2FN5O. The van der Waals surface area contributed by atoms with Crippen LogP contribution in [0, 0.1) is 5.82 Å². The Kier molecular flexibility index (Phi) is 6.70. The van der Waals surface area contributed by atoms with Crippen molar-refractivity contribution in [1.29, 1.82) is 0 Å². The third kappa shape index (κ3) is 4.74. The van der Waals surface area contributed by atoms with Gasteiger partial charge in [0.15, 0.2) is 5.69 Å². The van der Waals surface area contributed by atoms with Crippen LogP contribution in [0.1, 0.15) is 46.6 Å². The lowest BCUT2D eigenvalue weighted by atomic mass is 9.99. The normalized spacial score (nSPS) is 17.6. The third-order valence-corrected chi connectivity index (χ3v) is 6.62. The van der Waals surface area contributed by atoms with Gasteiger partial charge in [-0.25, -0.2) is 14.1 Å². The van der Waals surface area contributed by atoms with Gasteiger partial charge in [0.1, 0.15) is 5.82 Å². The van der Waals surface area contributed by atoms with Gasteiger partial charge >= 0.3 is 0 Å². The average Bonchev–Trinajstić information content (AvgIpc) is 3.22. The summed E-state index contributed by atoms with van der Waals surface area (Å²) in [4.78, 5) is 13.3. The largest absolute Gasteiger partial charge is 0.308 e. The van der Waals surface area contributed by atoms with Gasteiger partial charge in [-0.2, -0.15) is 5.10 Å². The van der Waals surface area contributed by atoms with E-state index in [2.05, 4.69) is 10.7 Å². The molecule has 0 atom stereocenters. The van der Waals surface area contributed by atoms with Gasteiger partial charge in [0, 0.05) is 36.8 Å². The van der Waals surface area contributed by atoms with Crippen LogP contribution in [-0.4, -0.2) is 40.3 Å². The zero-order valence-corrected chi connectivity index (χ0v) is 20.0. The van der Waals surface area contributed by atoms with Crippen molar-refractivity contribution in [1.82, 2.24) is 25.5 Å². The van der Waals surface area contributed by atoms with E-state index in [-0.39, 0.29) is 11.7 Å². The Labute approximate surface area is 207 Å². The molecule has 9 heteroatoms. The Morgan fingerprint density at radius 2 is 1.82 bits per heavy atom. The fourth-order valence-electron chi connectivity index (χ4n) is 4.45.